The molecule has 0 bridgehead atoms. The molecule has 1 N–H and O–H groups in total. The Morgan fingerprint density at radius 2 is 1.73 bits per heavy atom. The number of hydrogen-bond acceptors (Lipinski definition) is 1. The standard InChI is InChI=1S/C9H16NO/c1-8(11)10-9-6-4-2-3-5-7-9/h2-7H2,1H3,(H,10,11). The second-order valence-electron chi connectivity index (χ2n) is 3.20. The third-order valence-corrected chi connectivity index (χ3v) is 2.06. The van der Waals surface area contributed by atoms with Crippen molar-refractivity contribution >= 4 is 5.91 Å². The fourth-order valence-electron chi connectivity index (χ4n) is 1.53. The first-order valence-electron chi connectivity index (χ1n) is 4.41. The van der Waals surface area contributed by atoms with Crippen molar-refractivity contribution in [2.45, 2.75) is 45.4 Å². The molecular formula is C9H16NO. The molecule has 0 aromatic rings. The predicted octanol–water partition coefficient (Wildman–Crippen LogP) is 2.01. The summed E-state index contributed by atoms with van der Waals surface area (Å²) in [4.78, 5) is 10.7. The van der Waals surface area contributed by atoms with E-state index in [0.717, 1.165) is 12.8 Å². The lowest BCUT2D eigenvalue weighted by Crippen LogP contribution is -2.25. The zero-order valence-corrected chi connectivity index (χ0v) is 7.15. The van der Waals surface area contributed by atoms with Crippen molar-refractivity contribution in [3.63, 3.8) is 0 Å². The van der Waals surface area contributed by atoms with Crippen molar-refractivity contribution in [2.75, 3.05) is 0 Å². The monoisotopic (exact) mass is 154 g/mol. The third kappa shape index (κ3) is 3.40. The Balaban J connectivity index is 2.25. The lowest BCUT2D eigenvalue weighted by molar-refractivity contribution is -0.118. The van der Waals surface area contributed by atoms with Crippen LogP contribution in [-0.4, -0.2) is 5.91 Å². The van der Waals surface area contributed by atoms with Crippen molar-refractivity contribution in [3.05, 3.63) is 6.04 Å². The lowest BCUT2D eigenvalue weighted by atomic mass is 10.1. The van der Waals surface area contributed by atoms with Crippen molar-refractivity contribution in [2.24, 2.45) is 0 Å². The molecule has 1 aliphatic rings. The topological polar surface area (TPSA) is 29.1 Å². The van der Waals surface area contributed by atoms with E-state index in [1.807, 2.05) is 0 Å². The van der Waals surface area contributed by atoms with Gasteiger partial charge in [0.2, 0.25) is 5.91 Å². The molecule has 1 radical (unpaired) electrons. The molecule has 0 aliphatic heterocycles. The minimum atomic E-state index is 0.0851. The summed E-state index contributed by atoms with van der Waals surface area (Å²) >= 11 is 0. The Kier molecular flexibility index (Phi) is 3.40. The molecule has 0 spiro atoms. The summed E-state index contributed by atoms with van der Waals surface area (Å²) in [5.41, 5.74) is 0. The van der Waals surface area contributed by atoms with Crippen LogP contribution < -0.4 is 5.32 Å². The summed E-state index contributed by atoms with van der Waals surface area (Å²) < 4.78 is 0. The van der Waals surface area contributed by atoms with E-state index >= 15 is 0 Å². The quantitative estimate of drug-likeness (QED) is 0.575. The second kappa shape index (κ2) is 4.37. The Morgan fingerprint density at radius 3 is 2.18 bits per heavy atom. The third-order valence-electron chi connectivity index (χ3n) is 2.06. The summed E-state index contributed by atoms with van der Waals surface area (Å²) in [5.74, 6) is 0.0851. The summed E-state index contributed by atoms with van der Waals surface area (Å²) in [6, 6.07) is 1.25. The van der Waals surface area contributed by atoms with Gasteiger partial charge in [-0.1, -0.05) is 25.7 Å². The van der Waals surface area contributed by atoms with Crippen LogP contribution in [0.1, 0.15) is 45.4 Å². The second-order valence-corrected chi connectivity index (χ2v) is 3.20. The van der Waals surface area contributed by atoms with E-state index in [1.54, 1.807) is 6.92 Å². The number of hydrogen-bond donors (Lipinski definition) is 1. The van der Waals surface area contributed by atoms with Crippen LogP contribution in [0.3, 0.4) is 0 Å². The summed E-state index contributed by atoms with van der Waals surface area (Å²) in [5, 5.41) is 2.90. The highest BCUT2D eigenvalue weighted by atomic mass is 16.1. The molecule has 0 heterocycles. The van der Waals surface area contributed by atoms with E-state index in [-0.39, 0.29) is 5.91 Å². The Labute approximate surface area is 68.4 Å². The fourth-order valence-corrected chi connectivity index (χ4v) is 1.53. The van der Waals surface area contributed by atoms with Crippen molar-refractivity contribution in [1.29, 1.82) is 0 Å². The van der Waals surface area contributed by atoms with Gasteiger partial charge < -0.3 is 5.32 Å². The number of nitrogens with one attached hydrogen (secondary N) is 1. The normalized spacial score (nSPS) is 20.8. The highest BCUT2D eigenvalue weighted by Gasteiger charge is 2.12. The van der Waals surface area contributed by atoms with Gasteiger partial charge in [-0.2, -0.15) is 0 Å². The van der Waals surface area contributed by atoms with E-state index in [2.05, 4.69) is 5.32 Å². The van der Waals surface area contributed by atoms with Gasteiger partial charge in [-0.3, -0.25) is 4.79 Å². The summed E-state index contributed by atoms with van der Waals surface area (Å²) in [7, 11) is 0. The van der Waals surface area contributed by atoms with Crippen LogP contribution in [0.15, 0.2) is 0 Å². The molecule has 11 heavy (non-hydrogen) atoms. The molecule has 0 atom stereocenters. The molecule has 0 saturated heterocycles. The Hall–Kier alpha value is -0.530. The summed E-state index contributed by atoms with van der Waals surface area (Å²) in [6.45, 7) is 1.58. The first kappa shape index (κ1) is 8.57. The van der Waals surface area contributed by atoms with Gasteiger partial charge in [-0.15, -0.1) is 0 Å². The molecule has 1 saturated carbocycles. The largest absolute Gasteiger partial charge is 0.349 e. The van der Waals surface area contributed by atoms with Crippen LogP contribution in [0.4, 0.5) is 0 Å². The van der Waals surface area contributed by atoms with Gasteiger partial charge in [0, 0.05) is 6.92 Å². The molecular weight excluding hydrogens is 138 g/mol. The number of carbonyl (C=O) groups is 1. The molecule has 0 aromatic carbocycles. The van der Waals surface area contributed by atoms with Crippen LogP contribution in [-0.2, 0) is 4.79 Å². The number of carbonyl (C=O) groups excluding carboxylic acids is 1. The van der Waals surface area contributed by atoms with Crippen LogP contribution >= 0.6 is 0 Å². The molecule has 63 valence electrons. The molecule has 1 aliphatic carbocycles. The minimum Gasteiger partial charge on any atom is -0.349 e. The van der Waals surface area contributed by atoms with Gasteiger partial charge in [0.25, 0.3) is 0 Å². The minimum absolute atomic E-state index is 0.0851. The fraction of sp³-hybridized carbons (Fsp3) is 0.778. The van der Waals surface area contributed by atoms with E-state index in [1.165, 1.54) is 31.7 Å². The SMILES string of the molecule is CC(=O)N[C]1CCCCCC1. The molecule has 2 nitrogen and oxygen atoms in total. The van der Waals surface area contributed by atoms with Gasteiger partial charge in [0.1, 0.15) is 0 Å². The average Bonchev–Trinajstić information content (AvgIpc) is 2.14. The molecule has 0 aromatic heterocycles. The molecule has 2 heteroatoms. The molecule has 1 rings (SSSR count). The van der Waals surface area contributed by atoms with Crippen molar-refractivity contribution < 1.29 is 4.79 Å². The van der Waals surface area contributed by atoms with Crippen LogP contribution in [0, 0.1) is 6.04 Å². The zero-order valence-electron chi connectivity index (χ0n) is 7.15. The van der Waals surface area contributed by atoms with Crippen molar-refractivity contribution in [3.8, 4) is 0 Å². The van der Waals surface area contributed by atoms with E-state index in [0.29, 0.717) is 0 Å². The highest BCUT2D eigenvalue weighted by molar-refractivity contribution is 5.74. The maximum Gasteiger partial charge on any atom is 0.217 e. The Bertz CT molecular complexity index is 126. The predicted molar refractivity (Wildman–Crippen MR) is 44.8 cm³/mol. The van der Waals surface area contributed by atoms with Crippen LogP contribution in [0.25, 0.3) is 0 Å². The first-order valence-corrected chi connectivity index (χ1v) is 4.41. The van der Waals surface area contributed by atoms with Crippen LogP contribution in [0.2, 0.25) is 0 Å². The van der Waals surface area contributed by atoms with E-state index in [4.69, 9.17) is 0 Å². The molecule has 1 fully saturated rings. The number of amides is 1. The zero-order chi connectivity index (χ0) is 8.10. The van der Waals surface area contributed by atoms with Crippen LogP contribution in [0.5, 0.6) is 0 Å². The maximum atomic E-state index is 10.7. The Morgan fingerprint density at radius 1 is 1.18 bits per heavy atom. The van der Waals surface area contributed by atoms with E-state index in [9.17, 15) is 4.79 Å². The molecule has 1 amide bonds. The highest BCUT2D eigenvalue weighted by Crippen LogP contribution is 2.21. The van der Waals surface area contributed by atoms with Crippen molar-refractivity contribution in [1.82, 2.24) is 5.32 Å². The van der Waals surface area contributed by atoms with Gasteiger partial charge in [0.15, 0.2) is 0 Å². The van der Waals surface area contributed by atoms with Gasteiger partial charge >= 0.3 is 0 Å². The first-order chi connectivity index (χ1) is 5.29. The van der Waals surface area contributed by atoms with Gasteiger partial charge in [-0.05, 0) is 12.8 Å². The number of rotatable bonds is 1. The average molecular weight is 154 g/mol. The lowest BCUT2D eigenvalue weighted by Gasteiger charge is -2.12. The summed E-state index contributed by atoms with van der Waals surface area (Å²) in [6.07, 6.45) is 7.33. The smallest absolute Gasteiger partial charge is 0.217 e. The van der Waals surface area contributed by atoms with E-state index < -0.39 is 0 Å². The maximum absolute atomic E-state index is 10.7. The molecule has 0 unspecified atom stereocenters. The van der Waals surface area contributed by atoms with Gasteiger partial charge in [0.05, 0.1) is 6.04 Å². The van der Waals surface area contributed by atoms with Gasteiger partial charge in [-0.25, -0.2) is 0 Å².